The first kappa shape index (κ1) is 16.2. The smallest absolute Gasteiger partial charge is 0.225 e. The van der Waals surface area contributed by atoms with Crippen LogP contribution >= 0.6 is 0 Å². The topological polar surface area (TPSA) is 78.9 Å². The van der Waals surface area contributed by atoms with Gasteiger partial charge in [0.1, 0.15) is 0 Å². The van der Waals surface area contributed by atoms with Gasteiger partial charge in [-0.05, 0) is 32.1 Å². The van der Waals surface area contributed by atoms with E-state index in [0.29, 0.717) is 26.3 Å². The molecule has 0 radical (unpaired) electrons. The molecule has 1 aliphatic carbocycles. The number of carbonyl (C=O) groups excluding carboxylic acids is 2. The van der Waals surface area contributed by atoms with Crippen LogP contribution in [0.2, 0.25) is 0 Å². The van der Waals surface area contributed by atoms with Crippen LogP contribution in [-0.4, -0.2) is 61.3 Å². The van der Waals surface area contributed by atoms with Gasteiger partial charge in [0.2, 0.25) is 11.8 Å². The predicted octanol–water partition coefficient (Wildman–Crippen LogP) is 0.150. The summed E-state index contributed by atoms with van der Waals surface area (Å²) >= 11 is 0. The number of aliphatic hydroxyl groups is 1. The summed E-state index contributed by atoms with van der Waals surface area (Å²) in [6.45, 7) is 2.86. The monoisotopic (exact) mass is 298 g/mol. The average Bonchev–Trinajstić information content (AvgIpc) is 3.34. The zero-order chi connectivity index (χ0) is 15.1. The molecule has 2 fully saturated rings. The highest BCUT2D eigenvalue weighted by atomic mass is 16.5. The number of carbonyl (C=O) groups is 2. The molecule has 6 nitrogen and oxygen atoms in total. The van der Waals surface area contributed by atoms with Crippen molar-refractivity contribution < 1.29 is 19.4 Å². The second-order valence-electron chi connectivity index (χ2n) is 5.88. The number of ether oxygens (including phenoxy) is 1. The van der Waals surface area contributed by atoms with Crippen LogP contribution in [0.1, 0.15) is 32.1 Å². The van der Waals surface area contributed by atoms with E-state index in [9.17, 15) is 9.59 Å². The average molecular weight is 298 g/mol. The summed E-state index contributed by atoms with van der Waals surface area (Å²) in [5, 5.41) is 11.5. The lowest BCUT2D eigenvalue weighted by molar-refractivity contribution is -0.136. The second kappa shape index (κ2) is 8.34. The van der Waals surface area contributed by atoms with Gasteiger partial charge in [0, 0.05) is 32.2 Å². The van der Waals surface area contributed by atoms with Crippen LogP contribution < -0.4 is 5.32 Å². The summed E-state index contributed by atoms with van der Waals surface area (Å²) in [5.74, 6) is 0.450. The maximum atomic E-state index is 12.1. The van der Waals surface area contributed by atoms with Gasteiger partial charge in [0.25, 0.3) is 0 Å². The fourth-order valence-corrected chi connectivity index (χ4v) is 2.68. The van der Waals surface area contributed by atoms with Gasteiger partial charge < -0.3 is 20.1 Å². The van der Waals surface area contributed by atoms with Crippen molar-refractivity contribution in [2.24, 2.45) is 11.8 Å². The van der Waals surface area contributed by atoms with E-state index in [1.807, 2.05) is 4.90 Å². The predicted molar refractivity (Wildman–Crippen MR) is 77.6 cm³/mol. The minimum Gasteiger partial charge on any atom is -0.394 e. The van der Waals surface area contributed by atoms with Gasteiger partial charge in [-0.15, -0.1) is 0 Å². The molecule has 2 rings (SSSR count). The fourth-order valence-electron chi connectivity index (χ4n) is 2.68. The molecule has 1 saturated heterocycles. The van der Waals surface area contributed by atoms with Gasteiger partial charge in [-0.2, -0.15) is 0 Å². The van der Waals surface area contributed by atoms with Gasteiger partial charge in [-0.25, -0.2) is 0 Å². The normalized spacial score (nSPS) is 22.1. The van der Waals surface area contributed by atoms with Crippen LogP contribution in [0.15, 0.2) is 0 Å². The van der Waals surface area contributed by atoms with Crippen LogP contribution in [0.25, 0.3) is 0 Å². The third-order valence-electron chi connectivity index (χ3n) is 4.03. The number of nitrogens with zero attached hydrogens (tertiary/aromatic N) is 1. The van der Waals surface area contributed by atoms with Crippen molar-refractivity contribution in [2.75, 3.05) is 39.5 Å². The number of hydrogen-bond donors (Lipinski definition) is 2. The Kier molecular flexibility index (Phi) is 6.45. The largest absolute Gasteiger partial charge is 0.394 e. The van der Waals surface area contributed by atoms with Crippen LogP contribution in [0.4, 0.5) is 0 Å². The van der Waals surface area contributed by atoms with Crippen molar-refractivity contribution in [3.8, 4) is 0 Å². The summed E-state index contributed by atoms with van der Waals surface area (Å²) in [6.07, 6.45) is 4.54. The minimum atomic E-state index is -0.0696. The van der Waals surface area contributed by atoms with Crippen molar-refractivity contribution >= 4 is 11.8 Å². The van der Waals surface area contributed by atoms with Crippen molar-refractivity contribution in [1.29, 1.82) is 0 Å². The number of amides is 2. The zero-order valence-electron chi connectivity index (χ0n) is 12.6. The van der Waals surface area contributed by atoms with E-state index < -0.39 is 0 Å². The summed E-state index contributed by atoms with van der Waals surface area (Å²) < 4.78 is 5.14. The maximum Gasteiger partial charge on any atom is 0.225 e. The molecule has 1 atom stereocenters. The summed E-state index contributed by atoms with van der Waals surface area (Å²) in [5.41, 5.74) is 0. The van der Waals surface area contributed by atoms with Crippen molar-refractivity contribution in [3.05, 3.63) is 0 Å². The lowest BCUT2D eigenvalue weighted by Gasteiger charge is -2.32. The SMILES string of the molecule is O=C(NCCCOCCO)C1CCCN(C(=O)C2CC2)C1. The summed E-state index contributed by atoms with van der Waals surface area (Å²) in [7, 11) is 0. The summed E-state index contributed by atoms with van der Waals surface area (Å²) in [6, 6.07) is 0. The minimum absolute atomic E-state index is 0.0271. The van der Waals surface area contributed by atoms with Crippen molar-refractivity contribution in [2.45, 2.75) is 32.1 Å². The number of aliphatic hydroxyl groups excluding tert-OH is 1. The van der Waals surface area contributed by atoms with E-state index in [2.05, 4.69) is 5.32 Å². The Labute approximate surface area is 125 Å². The van der Waals surface area contributed by atoms with Crippen LogP contribution in [-0.2, 0) is 14.3 Å². The first-order chi connectivity index (χ1) is 10.2. The molecule has 1 heterocycles. The molecule has 2 N–H and O–H groups in total. The van der Waals surface area contributed by atoms with Crippen LogP contribution in [0, 0.1) is 11.8 Å². The van der Waals surface area contributed by atoms with E-state index in [-0.39, 0.29) is 30.3 Å². The van der Waals surface area contributed by atoms with E-state index in [0.717, 1.165) is 38.6 Å². The zero-order valence-corrected chi connectivity index (χ0v) is 12.6. The van der Waals surface area contributed by atoms with Crippen molar-refractivity contribution in [3.63, 3.8) is 0 Å². The molecule has 1 aliphatic heterocycles. The Balaban J connectivity index is 1.63. The molecule has 2 amide bonds. The van der Waals surface area contributed by atoms with E-state index in [1.54, 1.807) is 0 Å². The third-order valence-corrected chi connectivity index (χ3v) is 4.03. The number of rotatable bonds is 8. The molecular formula is C15H26N2O4. The van der Waals surface area contributed by atoms with Gasteiger partial charge in [-0.3, -0.25) is 9.59 Å². The lowest BCUT2D eigenvalue weighted by Crippen LogP contribution is -2.46. The molecule has 0 aromatic heterocycles. The Morgan fingerprint density at radius 1 is 1.19 bits per heavy atom. The molecule has 1 saturated carbocycles. The molecular weight excluding hydrogens is 272 g/mol. The van der Waals surface area contributed by atoms with E-state index in [4.69, 9.17) is 9.84 Å². The molecule has 0 aromatic carbocycles. The second-order valence-corrected chi connectivity index (χ2v) is 5.88. The Morgan fingerprint density at radius 3 is 2.71 bits per heavy atom. The number of hydrogen-bond acceptors (Lipinski definition) is 4. The lowest BCUT2D eigenvalue weighted by atomic mass is 9.96. The molecule has 2 aliphatic rings. The molecule has 1 unspecified atom stereocenters. The number of likely N-dealkylation sites (tertiary alicyclic amines) is 1. The van der Waals surface area contributed by atoms with E-state index >= 15 is 0 Å². The Morgan fingerprint density at radius 2 is 2.00 bits per heavy atom. The number of piperidine rings is 1. The van der Waals surface area contributed by atoms with Gasteiger partial charge in [0.05, 0.1) is 19.1 Å². The van der Waals surface area contributed by atoms with Crippen LogP contribution in [0.5, 0.6) is 0 Å². The first-order valence-electron chi connectivity index (χ1n) is 7.97. The Hall–Kier alpha value is -1.14. The Bertz CT molecular complexity index is 358. The fraction of sp³-hybridized carbons (Fsp3) is 0.867. The quantitative estimate of drug-likeness (QED) is 0.625. The molecule has 0 aromatic rings. The van der Waals surface area contributed by atoms with Gasteiger partial charge in [-0.1, -0.05) is 0 Å². The van der Waals surface area contributed by atoms with Gasteiger partial charge >= 0.3 is 0 Å². The molecule has 0 spiro atoms. The highest BCUT2D eigenvalue weighted by molar-refractivity contribution is 5.83. The molecule has 21 heavy (non-hydrogen) atoms. The highest BCUT2D eigenvalue weighted by Crippen LogP contribution is 2.32. The van der Waals surface area contributed by atoms with Crippen molar-refractivity contribution in [1.82, 2.24) is 10.2 Å². The standard InChI is InChI=1S/C15H26N2O4/c18-8-10-21-9-2-6-16-14(19)13-3-1-7-17(11-13)15(20)12-4-5-12/h12-13,18H,1-11H2,(H,16,19). The van der Waals surface area contributed by atoms with Crippen LogP contribution in [0.3, 0.4) is 0 Å². The van der Waals surface area contributed by atoms with E-state index in [1.165, 1.54) is 0 Å². The highest BCUT2D eigenvalue weighted by Gasteiger charge is 2.36. The first-order valence-corrected chi connectivity index (χ1v) is 7.97. The number of nitrogens with one attached hydrogen (secondary N) is 1. The third kappa shape index (κ3) is 5.28. The summed E-state index contributed by atoms with van der Waals surface area (Å²) in [4.78, 5) is 26.0. The molecule has 0 bridgehead atoms. The molecule has 6 heteroatoms. The molecule has 120 valence electrons. The maximum absolute atomic E-state index is 12.1. The van der Waals surface area contributed by atoms with Gasteiger partial charge in [0.15, 0.2) is 0 Å².